The van der Waals surface area contributed by atoms with E-state index >= 15 is 0 Å². The second kappa shape index (κ2) is 10.7. The van der Waals surface area contributed by atoms with Crippen LogP contribution in [0.1, 0.15) is 33.3 Å². The van der Waals surface area contributed by atoms with E-state index in [-0.39, 0.29) is 33.0 Å². The van der Waals surface area contributed by atoms with Crippen molar-refractivity contribution in [2.24, 2.45) is 0 Å². The van der Waals surface area contributed by atoms with E-state index in [1.807, 2.05) is 52.0 Å². The number of nitrogens with zero attached hydrogens (tertiary/aromatic N) is 4. The van der Waals surface area contributed by atoms with Crippen LogP contribution in [0.2, 0.25) is 0 Å². The molecule has 14 heteroatoms. The molecule has 1 saturated heterocycles. The fraction of sp³-hybridized carbons (Fsp3) is 0.360. The van der Waals surface area contributed by atoms with Gasteiger partial charge in [0.15, 0.2) is 5.69 Å². The molecule has 2 aromatic heterocycles. The van der Waals surface area contributed by atoms with Crippen molar-refractivity contribution < 1.29 is 22.9 Å². The molecule has 0 saturated carbocycles. The van der Waals surface area contributed by atoms with Gasteiger partial charge in [-0.2, -0.15) is 0 Å². The maximum Gasteiger partial charge on any atom is 0.494 e. The van der Waals surface area contributed by atoms with Gasteiger partial charge < -0.3 is 19.9 Å². The van der Waals surface area contributed by atoms with Crippen LogP contribution in [0.25, 0.3) is 17.2 Å². The number of nitrogens with one attached hydrogen (secondary N) is 2. The van der Waals surface area contributed by atoms with Crippen molar-refractivity contribution >= 4 is 34.3 Å². The van der Waals surface area contributed by atoms with Crippen molar-refractivity contribution in [1.82, 2.24) is 25.4 Å². The van der Waals surface area contributed by atoms with Gasteiger partial charge in [-0.3, -0.25) is 4.52 Å². The standard InChI is InChI=1S/C25H27BBrFN6O5/c1-24(2)25(3,4)38-26(37-24)16-7-5-15(6-8-16)14-29-11-12-30-21-20(31-39-32-21)22-33-36-23(35)34(22)17-9-10-19(28)18(27)13-17/h5-10,13,29H,11-12,14H2,1-4H3,(H,30,32). The summed E-state index contributed by atoms with van der Waals surface area (Å²) in [6.07, 6.45) is 0. The molecule has 11 nitrogen and oxygen atoms in total. The molecule has 0 atom stereocenters. The molecule has 2 N–H and O–H groups in total. The number of halogens is 2. The second-order valence-corrected chi connectivity index (χ2v) is 11.0. The molecule has 0 radical (unpaired) electrons. The maximum absolute atomic E-state index is 13.7. The van der Waals surface area contributed by atoms with Gasteiger partial charge in [-0.05, 0) is 83.2 Å². The van der Waals surface area contributed by atoms with E-state index in [0.717, 1.165) is 15.6 Å². The molecular weight excluding hydrogens is 574 g/mol. The van der Waals surface area contributed by atoms with Crippen LogP contribution in [0.4, 0.5) is 10.2 Å². The third-order valence-electron chi connectivity index (χ3n) is 6.89. The van der Waals surface area contributed by atoms with Crippen molar-refractivity contribution in [3.8, 4) is 17.2 Å². The highest BCUT2D eigenvalue weighted by atomic mass is 79.9. The molecule has 0 aliphatic carbocycles. The first kappa shape index (κ1) is 27.2. The minimum absolute atomic E-state index is 0.0669. The molecule has 0 bridgehead atoms. The van der Waals surface area contributed by atoms with E-state index in [2.05, 4.69) is 42.0 Å². The molecule has 2 aromatic carbocycles. The van der Waals surface area contributed by atoms with Crippen molar-refractivity contribution in [2.45, 2.75) is 45.4 Å². The van der Waals surface area contributed by atoms with Gasteiger partial charge in [-0.1, -0.05) is 29.4 Å². The average Bonchev–Trinajstić information content (AvgIpc) is 3.56. The summed E-state index contributed by atoms with van der Waals surface area (Å²) in [6, 6.07) is 12.2. The zero-order valence-corrected chi connectivity index (χ0v) is 23.4. The number of rotatable bonds is 9. The molecule has 0 amide bonds. The molecular formula is C25H27BBrFN6O5. The molecule has 0 spiro atoms. The Kier molecular flexibility index (Phi) is 7.46. The SMILES string of the molecule is CC1(C)OB(c2ccc(CNCCNc3nonc3-c3noc(=O)n3-c3ccc(F)c(Br)c3)cc2)OC1(C)C. The predicted octanol–water partition coefficient (Wildman–Crippen LogP) is 3.28. The van der Waals surface area contributed by atoms with Gasteiger partial charge >= 0.3 is 12.9 Å². The summed E-state index contributed by atoms with van der Waals surface area (Å²) < 4.78 is 37.0. The van der Waals surface area contributed by atoms with E-state index in [9.17, 15) is 9.18 Å². The lowest BCUT2D eigenvalue weighted by Crippen LogP contribution is -2.41. The normalized spacial score (nSPS) is 16.1. The van der Waals surface area contributed by atoms with E-state index in [4.69, 9.17) is 18.5 Å². The van der Waals surface area contributed by atoms with Crippen molar-refractivity contribution in [2.75, 3.05) is 18.4 Å². The lowest BCUT2D eigenvalue weighted by atomic mass is 9.79. The highest BCUT2D eigenvalue weighted by Gasteiger charge is 2.51. The molecule has 0 unspecified atom stereocenters. The Hall–Kier alpha value is -3.33. The van der Waals surface area contributed by atoms with Crippen LogP contribution < -0.4 is 21.9 Å². The third kappa shape index (κ3) is 5.55. The summed E-state index contributed by atoms with van der Waals surface area (Å²) in [4.78, 5) is 12.3. The van der Waals surface area contributed by atoms with Crippen LogP contribution in [0.15, 0.2) is 60.9 Å². The lowest BCUT2D eigenvalue weighted by Gasteiger charge is -2.32. The Labute approximate surface area is 232 Å². The van der Waals surface area contributed by atoms with Crippen molar-refractivity contribution in [3.05, 3.63) is 68.9 Å². The smallest absolute Gasteiger partial charge is 0.399 e. The van der Waals surface area contributed by atoms with Gasteiger partial charge in [0.2, 0.25) is 11.6 Å². The minimum Gasteiger partial charge on any atom is -0.399 e. The van der Waals surface area contributed by atoms with Gasteiger partial charge in [0, 0.05) is 19.6 Å². The Morgan fingerprint density at radius 1 is 1.00 bits per heavy atom. The topological polar surface area (TPSA) is 129 Å². The van der Waals surface area contributed by atoms with Crippen molar-refractivity contribution in [3.63, 3.8) is 0 Å². The number of aromatic nitrogens is 4. The lowest BCUT2D eigenvalue weighted by molar-refractivity contribution is 0.00578. The molecule has 1 aliphatic heterocycles. The fourth-order valence-corrected chi connectivity index (χ4v) is 4.34. The monoisotopic (exact) mass is 600 g/mol. The third-order valence-corrected chi connectivity index (χ3v) is 7.50. The average molecular weight is 601 g/mol. The Morgan fingerprint density at radius 3 is 2.41 bits per heavy atom. The highest BCUT2D eigenvalue weighted by Crippen LogP contribution is 2.36. The summed E-state index contributed by atoms with van der Waals surface area (Å²) in [6.45, 7) is 9.87. The Bertz CT molecular complexity index is 1500. The zero-order chi connectivity index (χ0) is 27.8. The summed E-state index contributed by atoms with van der Waals surface area (Å²) in [5.41, 5.74) is 1.84. The molecule has 1 fully saturated rings. The Balaban J connectivity index is 1.16. The molecule has 204 valence electrons. The highest BCUT2D eigenvalue weighted by molar-refractivity contribution is 9.10. The maximum atomic E-state index is 13.7. The van der Waals surface area contributed by atoms with Crippen molar-refractivity contribution in [1.29, 1.82) is 0 Å². The minimum atomic E-state index is -0.761. The van der Waals surface area contributed by atoms with E-state index in [0.29, 0.717) is 25.3 Å². The molecule has 39 heavy (non-hydrogen) atoms. The summed E-state index contributed by atoms with van der Waals surface area (Å²) in [7, 11) is -0.392. The van der Waals surface area contributed by atoms with Crippen LogP contribution in [-0.4, -0.2) is 51.4 Å². The number of benzene rings is 2. The van der Waals surface area contributed by atoms with Crippen LogP contribution in [0.5, 0.6) is 0 Å². The van der Waals surface area contributed by atoms with Gasteiger partial charge in [0.25, 0.3) is 0 Å². The number of anilines is 1. The van der Waals surface area contributed by atoms with E-state index in [1.54, 1.807) is 0 Å². The first-order chi connectivity index (χ1) is 18.6. The molecule has 4 aromatic rings. The van der Waals surface area contributed by atoms with E-state index in [1.165, 1.54) is 18.2 Å². The van der Waals surface area contributed by atoms with Crippen LogP contribution in [-0.2, 0) is 15.9 Å². The molecule has 1 aliphatic rings. The van der Waals surface area contributed by atoms with E-state index < -0.39 is 18.7 Å². The fourth-order valence-electron chi connectivity index (χ4n) is 3.98. The number of hydrogen-bond donors (Lipinski definition) is 2. The zero-order valence-electron chi connectivity index (χ0n) is 21.8. The quantitative estimate of drug-likeness (QED) is 0.218. The first-order valence-corrected chi connectivity index (χ1v) is 13.1. The van der Waals surface area contributed by atoms with Gasteiger partial charge in [0.05, 0.1) is 21.4 Å². The first-order valence-electron chi connectivity index (χ1n) is 12.3. The van der Waals surface area contributed by atoms with Gasteiger partial charge in [-0.15, -0.1) is 0 Å². The van der Waals surface area contributed by atoms with Crippen LogP contribution in [0, 0.1) is 5.82 Å². The van der Waals surface area contributed by atoms with Gasteiger partial charge in [0.1, 0.15) is 5.82 Å². The second-order valence-electron chi connectivity index (χ2n) is 10.1. The predicted molar refractivity (Wildman–Crippen MR) is 145 cm³/mol. The van der Waals surface area contributed by atoms with Crippen LogP contribution in [0.3, 0.4) is 0 Å². The number of hydrogen-bond acceptors (Lipinski definition) is 10. The largest absolute Gasteiger partial charge is 0.494 e. The summed E-state index contributed by atoms with van der Waals surface area (Å²) >= 11 is 3.12. The summed E-state index contributed by atoms with van der Waals surface area (Å²) in [5.74, 6) is -0.878. The van der Waals surface area contributed by atoms with Crippen LogP contribution >= 0.6 is 15.9 Å². The summed E-state index contributed by atoms with van der Waals surface area (Å²) in [5, 5.41) is 18.0. The Morgan fingerprint density at radius 2 is 1.72 bits per heavy atom. The molecule has 3 heterocycles. The van der Waals surface area contributed by atoms with Gasteiger partial charge in [-0.25, -0.2) is 18.4 Å². The molecule has 5 rings (SSSR count).